The van der Waals surface area contributed by atoms with E-state index >= 15 is 0 Å². The second kappa shape index (κ2) is 18.7. The molecule has 1 N–H and O–H groups in total. The molecule has 0 fully saturated rings. The van der Waals surface area contributed by atoms with Gasteiger partial charge < -0.3 is 14.6 Å². The van der Waals surface area contributed by atoms with Crippen LogP contribution in [0.25, 0.3) is 0 Å². The molecule has 5 heteroatoms. The van der Waals surface area contributed by atoms with Crippen LogP contribution in [0.5, 0.6) is 0 Å². The van der Waals surface area contributed by atoms with Crippen molar-refractivity contribution in [3.63, 3.8) is 0 Å². The van der Waals surface area contributed by atoms with Gasteiger partial charge in [-0.1, -0.05) is 81.7 Å². The molecule has 2 atom stereocenters. The fourth-order valence-electron chi connectivity index (χ4n) is 3.88. The number of carboxylic acid groups (broad SMARTS) is 1. The maximum Gasteiger partial charge on any atom is 0.303 e. The van der Waals surface area contributed by atoms with Crippen LogP contribution < -0.4 is 0 Å². The number of carboxylic acids is 1. The summed E-state index contributed by atoms with van der Waals surface area (Å²) in [5, 5.41) is 8.62. The van der Waals surface area contributed by atoms with Gasteiger partial charge in [0, 0.05) is 13.3 Å². The Morgan fingerprint density at radius 2 is 1.38 bits per heavy atom. The molecule has 5 nitrogen and oxygen atoms in total. The first kappa shape index (κ1) is 28.2. The van der Waals surface area contributed by atoms with Crippen LogP contribution >= 0.6 is 0 Å². The van der Waals surface area contributed by atoms with Crippen LogP contribution in [-0.4, -0.2) is 29.3 Å². The monoisotopic (exact) mass is 448 g/mol. The molecule has 182 valence electrons. The second-order valence-electron chi connectivity index (χ2n) is 8.88. The van der Waals surface area contributed by atoms with Crippen molar-refractivity contribution >= 4 is 11.9 Å². The van der Waals surface area contributed by atoms with E-state index < -0.39 is 5.97 Å². The molecule has 0 bridgehead atoms. The molecule has 1 rings (SSSR count). The summed E-state index contributed by atoms with van der Waals surface area (Å²) in [7, 11) is 0. The smallest absolute Gasteiger partial charge is 0.303 e. The number of carbonyl (C=O) groups excluding carboxylic acids is 1. The van der Waals surface area contributed by atoms with Crippen molar-refractivity contribution in [2.45, 2.75) is 123 Å². The van der Waals surface area contributed by atoms with Crippen LogP contribution in [0.3, 0.4) is 0 Å². The topological polar surface area (TPSA) is 72.8 Å². The minimum Gasteiger partial charge on any atom is -0.481 e. The summed E-state index contributed by atoms with van der Waals surface area (Å²) in [5.74, 6) is -0.886. The highest BCUT2D eigenvalue weighted by Gasteiger charge is 2.14. The molecule has 0 spiro atoms. The fraction of sp³-hybridized carbons (Fsp3) is 0.704. The number of ether oxygens (including phenoxy) is 2. The first-order valence-electron chi connectivity index (χ1n) is 12.5. The first-order chi connectivity index (χ1) is 15.5. The van der Waals surface area contributed by atoms with Crippen molar-refractivity contribution in [1.29, 1.82) is 0 Å². The summed E-state index contributed by atoms with van der Waals surface area (Å²) in [6, 6.07) is 10.2. The molecule has 1 aromatic rings. The zero-order valence-electron chi connectivity index (χ0n) is 20.2. The molecule has 0 aliphatic carbocycles. The highest BCUT2D eigenvalue weighted by Crippen LogP contribution is 2.17. The average Bonchev–Trinajstić information content (AvgIpc) is 2.76. The maximum atomic E-state index is 11.5. The average molecular weight is 449 g/mol. The third kappa shape index (κ3) is 16.8. The van der Waals surface area contributed by atoms with Gasteiger partial charge >= 0.3 is 11.9 Å². The first-order valence-corrected chi connectivity index (χ1v) is 12.5. The minimum atomic E-state index is -0.688. The van der Waals surface area contributed by atoms with Gasteiger partial charge in [-0.05, 0) is 44.6 Å². The summed E-state index contributed by atoms with van der Waals surface area (Å²) < 4.78 is 11.5. The van der Waals surface area contributed by atoms with Gasteiger partial charge in [0.1, 0.15) is 6.10 Å². The maximum absolute atomic E-state index is 11.5. The summed E-state index contributed by atoms with van der Waals surface area (Å²) in [5.41, 5.74) is 1.18. The molecular formula is C27H44O5. The van der Waals surface area contributed by atoms with Crippen LogP contribution in [0.2, 0.25) is 0 Å². The highest BCUT2D eigenvalue weighted by atomic mass is 16.5. The standard InChI is InChI=1S/C27H44O5/c1-23(31-22-25-16-12-11-13-17-25)20-21-26(32-24(2)28)18-14-9-7-5-3-4-6-8-10-15-19-27(29)30/h11-13,16-17,23,26H,3-10,14-15,18-22H2,1-2H3,(H,29,30). The van der Waals surface area contributed by atoms with Gasteiger partial charge in [-0.25, -0.2) is 0 Å². The fourth-order valence-corrected chi connectivity index (χ4v) is 3.88. The Morgan fingerprint density at radius 1 is 0.812 bits per heavy atom. The van der Waals surface area contributed by atoms with Crippen molar-refractivity contribution < 1.29 is 24.2 Å². The lowest BCUT2D eigenvalue weighted by atomic mass is 10.0. The van der Waals surface area contributed by atoms with E-state index in [4.69, 9.17) is 14.6 Å². The largest absolute Gasteiger partial charge is 0.481 e. The van der Waals surface area contributed by atoms with Crippen LogP contribution in [0.1, 0.15) is 109 Å². The Labute approximate surface area is 194 Å². The Bertz CT molecular complexity index is 601. The number of aliphatic carboxylic acids is 1. The number of hydrogen-bond acceptors (Lipinski definition) is 4. The second-order valence-corrected chi connectivity index (χ2v) is 8.88. The SMILES string of the molecule is CC(=O)OC(CCCCCCCCCCCCC(=O)O)CCC(C)OCc1ccccc1. The lowest BCUT2D eigenvalue weighted by Crippen LogP contribution is -2.19. The summed E-state index contributed by atoms with van der Waals surface area (Å²) in [4.78, 5) is 21.9. The van der Waals surface area contributed by atoms with Crippen molar-refractivity contribution in [3.05, 3.63) is 35.9 Å². The third-order valence-electron chi connectivity index (χ3n) is 5.77. The predicted molar refractivity (Wildman–Crippen MR) is 129 cm³/mol. The molecule has 32 heavy (non-hydrogen) atoms. The normalized spacial score (nSPS) is 12.9. The van der Waals surface area contributed by atoms with E-state index in [-0.39, 0.29) is 18.2 Å². The van der Waals surface area contributed by atoms with E-state index in [1.807, 2.05) is 18.2 Å². The van der Waals surface area contributed by atoms with E-state index in [0.29, 0.717) is 13.0 Å². The van der Waals surface area contributed by atoms with Gasteiger partial charge in [0.05, 0.1) is 12.7 Å². The van der Waals surface area contributed by atoms with Crippen LogP contribution in [0, 0.1) is 0 Å². The number of esters is 1. The van der Waals surface area contributed by atoms with E-state index in [0.717, 1.165) is 44.9 Å². The number of rotatable bonds is 20. The molecule has 0 amide bonds. The summed E-state index contributed by atoms with van der Waals surface area (Å²) in [6.07, 6.45) is 14.5. The molecule has 1 aromatic carbocycles. The highest BCUT2D eigenvalue weighted by molar-refractivity contribution is 5.66. The minimum absolute atomic E-state index is 0.0129. The van der Waals surface area contributed by atoms with Gasteiger partial charge in [0.2, 0.25) is 0 Å². The molecule has 0 saturated heterocycles. The Kier molecular flexibility index (Phi) is 16.4. The van der Waals surface area contributed by atoms with Gasteiger partial charge in [-0.3, -0.25) is 9.59 Å². The summed E-state index contributed by atoms with van der Waals surface area (Å²) >= 11 is 0. The number of unbranched alkanes of at least 4 members (excludes halogenated alkanes) is 9. The zero-order valence-corrected chi connectivity index (χ0v) is 20.2. The van der Waals surface area contributed by atoms with E-state index in [1.54, 1.807) is 0 Å². The predicted octanol–water partition coefficient (Wildman–Crippen LogP) is 7.07. The van der Waals surface area contributed by atoms with E-state index in [1.165, 1.54) is 51.0 Å². The lowest BCUT2D eigenvalue weighted by molar-refractivity contribution is -0.147. The summed E-state index contributed by atoms with van der Waals surface area (Å²) in [6.45, 7) is 4.19. The van der Waals surface area contributed by atoms with Gasteiger partial charge in [-0.2, -0.15) is 0 Å². The Balaban J connectivity index is 2.06. The number of carbonyl (C=O) groups is 2. The third-order valence-corrected chi connectivity index (χ3v) is 5.77. The van der Waals surface area contributed by atoms with E-state index in [9.17, 15) is 9.59 Å². The van der Waals surface area contributed by atoms with Gasteiger partial charge in [0.15, 0.2) is 0 Å². The Morgan fingerprint density at radius 3 is 1.94 bits per heavy atom. The quantitative estimate of drug-likeness (QED) is 0.171. The number of hydrogen-bond donors (Lipinski definition) is 1. The molecule has 0 saturated carbocycles. The van der Waals surface area contributed by atoms with Crippen molar-refractivity contribution in [2.75, 3.05) is 0 Å². The van der Waals surface area contributed by atoms with Crippen molar-refractivity contribution in [1.82, 2.24) is 0 Å². The van der Waals surface area contributed by atoms with Gasteiger partial charge in [-0.15, -0.1) is 0 Å². The van der Waals surface area contributed by atoms with Crippen molar-refractivity contribution in [2.24, 2.45) is 0 Å². The molecule has 0 aliphatic rings. The molecule has 0 radical (unpaired) electrons. The molecule has 2 unspecified atom stereocenters. The molecule has 0 aliphatic heterocycles. The van der Waals surface area contributed by atoms with Crippen LogP contribution in [-0.2, 0) is 25.7 Å². The molecule has 0 heterocycles. The molecule has 0 aromatic heterocycles. The van der Waals surface area contributed by atoms with E-state index in [2.05, 4.69) is 19.1 Å². The van der Waals surface area contributed by atoms with Crippen molar-refractivity contribution in [3.8, 4) is 0 Å². The molecular weight excluding hydrogens is 404 g/mol. The Hall–Kier alpha value is -1.88. The zero-order chi connectivity index (χ0) is 23.4. The van der Waals surface area contributed by atoms with Crippen LogP contribution in [0.15, 0.2) is 30.3 Å². The number of benzene rings is 1. The lowest BCUT2D eigenvalue weighted by Gasteiger charge is -2.20. The van der Waals surface area contributed by atoms with Crippen LogP contribution in [0.4, 0.5) is 0 Å². The van der Waals surface area contributed by atoms with Gasteiger partial charge in [0.25, 0.3) is 0 Å².